The molecule has 2 fully saturated rings. The van der Waals surface area contributed by atoms with Crippen molar-refractivity contribution in [3.63, 3.8) is 0 Å². The van der Waals surface area contributed by atoms with Crippen molar-refractivity contribution >= 4 is 47.4 Å². The third kappa shape index (κ3) is 5.81. The van der Waals surface area contributed by atoms with Crippen LogP contribution in [0.2, 0.25) is 5.02 Å². The Morgan fingerprint density at radius 2 is 1.90 bits per heavy atom. The maximum absolute atomic E-state index is 6.31. The van der Waals surface area contributed by atoms with E-state index in [1.807, 2.05) is 37.5 Å². The van der Waals surface area contributed by atoms with E-state index in [1.54, 1.807) is 0 Å². The van der Waals surface area contributed by atoms with E-state index < -0.39 is 0 Å². The van der Waals surface area contributed by atoms with Gasteiger partial charge in [0.1, 0.15) is 5.82 Å². The molecular weight excluding hydrogens is 525 g/mol. The van der Waals surface area contributed by atoms with Gasteiger partial charge < -0.3 is 19.9 Å². The number of ether oxygens (including phenoxy) is 1. The topological polar surface area (TPSA) is 53.0 Å². The molecule has 1 aromatic carbocycles. The number of aliphatic imine (C=N–C) groups is 1. The molecule has 1 aromatic heterocycles. The third-order valence-electron chi connectivity index (χ3n) is 6.24. The van der Waals surface area contributed by atoms with E-state index in [1.165, 1.54) is 5.56 Å². The summed E-state index contributed by atoms with van der Waals surface area (Å²) in [5, 5.41) is 4.45. The van der Waals surface area contributed by atoms with Gasteiger partial charge in [0.2, 0.25) is 0 Å². The molecule has 0 atom stereocenters. The predicted molar refractivity (Wildman–Crippen MR) is 138 cm³/mol. The van der Waals surface area contributed by atoms with Gasteiger partial charge in [-0.05, 0) is 42.7 Å². The van der Waals surface area contributed by atoms with Crippen LogP contribution in [0.1, 0.15) is 18.4 Å². The Morgan fingerprint density at radius 3 is 2.55 bits per heavy atom. The molecule has 2 aliphatic rings. The second kappa shape index (κ2) is 11.3. The first-order chi connectivity index (χ1) is 14.7. The Hall–Kier alpha value is -1.58. The summed E-state index contributed by atoms with van der Waals surface area (Å²) >= 11 is 6.31. The van der Waals surface area contributed by atoms with Crippen molar-refractivity contribution in [2.45, 2.75) is 18.3 Å². The van der Waals surface area contributed by atoms with Crippen LogP contribution in [0.5, 0.6) is 0 Å². The molecule has 0 radical (unpaired) electrons. The van der Waals surface area contributed by atoms with Gasteiger partial charge in [-0.15, -0.1) is 24.0 Å². The molecular formula is C23H31ClIN5O. The molecule has 1 N–H and O–H groups in total. The number of nitrogens with zero attached hydrogens (tertiary/aromatic N) is 4. The molecule has 6 nitrogen and oxygen atoms in total. The van der Waals surface area contributed by atoms with Crippen molar-refractivity contribution in [3.8, 4) is 0 Å². The SMILES string of the molecule is CN=C(NCC1(c2cccc(Cl)c2)CCOCC1)N1CCN(c2ccccn2)CC1.I. The quantitative estimate of drug-likeness (QED) is 0.353. The molecule has 31 heavy (non-hydrogen) atoms. The van der Waals surface area contributed by atoms with Crippen molar-refractivity contribution in [2.75, 3.05) is 57.9 Å². The van der Waals surface area contributed by atoms with Gasteiger partial charge in [-0.25, -0.2) is 4.98 Å². The van der Waals surface area contributed by atoms with Gasteiger partial charge in [-0.1, -0.05) is 29.8 Å². The monoisotopic (exact) mass is 555 g/mol. The summed E-state index contributed by atoms with van der Waals surface area (Å²) in [5.74, 6) is 2.01. The summed E-state index contributed by atoms with van der Waals surface area (Å²) in [5.41, 5.74) is 1.29. The lowest BCUT2D eigenvalue weighted by Gasteiger charge is -2.41. The highest BCUT2D eigenvalue weighted by Crippen LogP contribution is 2.35. The third-order valence-corrected chi connectivity index (χ3v) is 6.47. The van der Waals surface area contributed by atoms with Gasteiger partial charge in [0.15, 0.2) is 5.96 Å². The average molecular weight is 556 g/mol. The van der Waals surface area contributed by atoms with Crippen LogP contribution >= 0.6 is 35.6 Å². The van der Waals surface area contributed by atoms with Crippen molar-refractivity contribution < 1.29 is 4.74 Å². The lowest BCUT2D eigenvalue weighted by molar-refractivity contribution is 0.0511. The fourth-order valence-electron chi connectivity index (χ4n) is 4.42. The predicted octanol–water partition coefficient (Wildman–Crippen LogP) is 3.80. The van der Waals surface area contributed by atoms with Gasteiger partial charge >= 0.3 is 0 Å². The van der Waals surface area contributed by atoms with Crippen molar-refractivity contribution in [2.24, 2.45) is 4.99 Å². The first-order valence-electron chi connectivity index (χ1n) is 10.7. The molecule has 2 aromatic rings. The molecule has 0 amide bonds. The van der Waals surface area contributed by atoms with Crippen molar-refractivity contribution in [1.82, 2.24) is 15.2 Å². The molecule has 0 spiro atoms. The lowest BCUT2D eigenvalue weighted by Crippen LogP contribution is -2.55. The van der Waals surface area contributed by atoms with Crippen LogP contribution in [-0.2, 0) is 10.2 Å². The number of aromatic nitrogens is 1. The number of pyridine rings is 1. The smallest absolute Gasteiger partial charge is 0.193 e. The summed E-state index contributed by atoms with van der Waals surface area (Å²) in [6.45, 7) is 6.08. The highest BCUT2D eigenvalue weighted by molar-refractivity contribution is 14.0. The number of anilines is 1. The van der Waals surface area contributed by atoms with Crippen LogP contribution in [0.3, 0.4) is 0 Å². The molecule has 2 aliphatic heterocycles. The normalized spacial score (nSPS) is 19.0. The fourth-order valence-corrected chi connectivity index (χ4v) is 4.61. The minimum absolute atomic E-state index is 0. The summed E-state index contributed by atoms with van der Waals surface area (Å²) in [4.78, 5) is 13.7. The van der Waals surface area contributed by atoms with Crippen LogP contribution in [0.4, 0.5) is 5.82 Å². The molecule has 4 rings (SSSR count). The Kier molecular flexibility index (Phi) is 8.80. The van der Waals surface area contributed by atoms with Crippen molar-refractivity contribution in [1.29, 1.82) is 0 Å². The zero-order chi connectivity index (χ0) is 20.8. The number of rotatable bonds is 4. The summed E-state index contributed by atoms with van der Waals surface area (Å²) in [6.07, 6.45) is 3.81. The highest BCUT2D eigenvalue weighted by atomic mass is 127. The van der Waals surface area contributed by atoms with E-state index in [4.69, 9.17) is 16.3 Å². The Bertz CT molecular complexity index is 852. The zero-order valence-corrected chi connectivity index (χ0v) is 21.1. The van der Waals surface area contributed by atoms with Gasteiger partial charge in [-0.3, -0.25) is 4.99 Å². The number of nitrogens with one attached hydrogen (secondary N) is 1. The molecule has 0 unspecified atom stereocenters. The van der Waals surface area contributed by atoms with E-state index in [9.17, 15) is 0 Å². The summed E-state index contributed by atoms with van der Waals surface area (Å²) in [7, 11) is 1.86. The largest absolute Gasteiger partial charge is 0.381 e. The van der Waals surface area contributed by atoms with Crippen molar-refractivity contribution in [3.05, 3.63) is 59.2 Å². The average Bonchev–Trinajstić information content (AvgIpc) is 2.81. The fraction of sp³-hybridized carbons (Fsp3) is 0.478. The Morgan fingerprint density at radius 1 is 1.13 bits per heavy atom. The standard InChI is InChI=1S/C23H30ClN5O.HI/c1-25-22(29-13-11-28(12-14-29)21-7-2-3-10-26-21)27-18-23(8-15-30-16-9-23)19-5-4-6-20(24)17-19;/h2-7,10,17H,8-9,11-16,18H2,1H3,(H,25,27);1H. The van der Waals surface area contributed by atoms with E-state index in [-0.39, 0.29) is 29.4 Å². The second-order valence-corrected chi connectivity index (χ2v) is 8.40. The number of hydrogen-bond donors (Lipinski definition) is 1. The number of benzene rings is 1. The van der Waals surface area contributed by atoms with E-state index in [2.05, 4.69) is 43.3 Å². The van der Waals surface area contributed by atoms with Crippen LogP contribution < -0.4 is 10.2 Å². The zero-order valence-electron chi connectivity index (χ0n) is 18.0. The van der Waals surface area contributed by atoms with Crippen LogP contribution in [0, 0.1) is 0 Å². The molecule has 0 aliphatic carbocycles. The Balaban J connectivity index is 0.00000272. The summed E-state index contributed by atoms with van der Waals surface area (Å²) in [6, 6.07) is 14.3. The maximum Gasteiger partial charge on any atom is 0.193 e. The van der Waals surface area contributed by atoms with E-state index in [0.29, 0.717) is 0 Å². The summed E-state index contributed by atoms with van der Waals surface area (Å²) < 4.78 is 5.67. The molecule has 0 bridgehead atoms. The van der Waals surface area contributed by atoms with Crippen LogP contribution in [0.15, 0.2) is 53.7 Å². The number of piperazine rings is 1. The first kappa shape index (κ1) is 24.1. The van der Waals surface area contributed by atoms with E-state index in [0.717, 1.165) is 75.6 Å². The number of hydrogen-bond acceptors (Lipinski definition) is 4. The first-order valence-corrected chi connectivity index (χ1v) is 11.0. The van der Waals surface area contributed by atoms with Gasteiger partial charge in [0, 0.05) is 69.6 Å². The molecule has 168 valence electrons. The number of guanidine groups is 1. The van der Waals surface area contributed by atoms with Gasteiger partial charge in [0.05, 0.1) is 0 Å². The molecule has 2 saturated heterocycles. The maximum atomic E-state index is 6.31. The van der Waals surface area contributed by atoms with Crippen LogP contribution in [0.25, 0.3) is 0 Å². The molecule has 8 heteroatoms. The molecule has 3 heterocycles. The van der Waals surface area contributed by atoms with Gasteiger partial charge in [-0.2, -0.15) is 0 Å². The molecule has 0 saturated carbocycles. The Labute approximate surface area is 207 Å². The van der Waals surface area contributed by atoms with Crippen LogP contribution in [-0.4, -0.2) is 68.8 Å². The lowest BCUT2D eigenvalue weighted by atomic mass is 9.74. The van der Waals surface area contributed by atoms with Gasteiger partial charge in [0.25, 0.3) is 0 Å². The second-order valence-electron chi connectivity index (χ2n) is 7.97. The highest BCUT2D eigenvalue weighted by Gasteiger charge is 2.35. The van der Waals surface area contributed by atoms with E-state index >= 15 is 0 Å². The minimum Gasteiger partial charge on any atom is -0.381 e. The number of halogens is 2. The minimum atomic E-state index is 0.